The van der Waals surface area contributed by atoms with Crippen molar-refractivity contribution in [3.63, 3.8) is 0 Å². The number of nitrogens with one attached hydrogen (secondary N) is 1. The van der Waals surface area contributed by atoms with E-state index >= 15 is 0 Å². The summed E-state index contributed by atoms with van der Waals surface area (Å²) in [5, 5.41) is 3.30. The van der Waals surface area contributed by atoms with E-state index in [1.165, 1.54) is 24.0 Å². The van der Waals surface area contributed by atoms with Crippen LogP contribution in [0.15, 0.2) is 12.1 Å². The molecule has 1 saturated carbocycles. The first-order valence-electron chi connectivity index (χ1n) is 6.10. The molecule has 0 spiro atoms. The van der Waals surface area contributed by atoms with E-state index in [0.717, 1.165) is 30.5 Å². The zero-order valence-corrected chi connectivity index (χ0v) is 9.62. The largest absolute Gasteiger partial charge is 0.315 e. The second-order valence-electron chi connectivity index (χ2n) is 5.09. The summed E-state index contributed by atoms with van der Waals surface area (Å²) in [5.41, 5.74) is 4.82. The molecule has 84 valence electrons. The molecule has 1 aliphatic carbocycles. The first-order chi connectivity index (χ1) is 7.79. The number of carbonyl (C=O) groups is 1. The number of aldehydes is 1. The minimum atomic E-state index is 0.659. The molecular formula is C14H17NO. The third-order valence-corrected chi connectivity index (χ3v) is 3.83. The third-order valence-electron chi connectivity index (χ3n) is 3.83. The SMILES string of the molecule is Cc1cc(C2CNC2)cc(C2CC2)c1C=O. The summed E-state index contributed by atoms with van der Waals surface area (Å²) < 4.78 is 0. The van der Waals surface area contributed by atoms with Crippen LogP contribution >= 0.6 is 0 Å². The average molecular weight is 215 g/mol. The van der Waals surface area contributed by atoms with Crippen molar-refractivity contribution >= 4 is 6.29 Å². The summed E-state index contributed by atoms with van der Waals surface area (Å²) in [6.07, 6.45) is 3.55. The fourth-order valence-corrected chi connectivity index (χ4v) is 2.51. The lowest BCUT2D eigenvalue weighted by Crippen LogP contribution is -2.39. The Morgan fingerprint density at radius 2 is 2.00 bits per heavy atom. The van der Waals surface area contributed by atoms with Crippen molar-refractivity contribution in [2.24, 2.45) is 0 Å². The van der Waals surface area contributed by atoms with Gasteiger partial charge in [0.15, 0.2) is 6.29 Å². The Hall–Kier alpha value is -1.15. The zero-order valence-electron chi connectivity index (χ0n) is 9.62. The Balaban J connectivity index is 2.04. The Morgan fingerprint density at radius 3 is 2.50 bits per heavy atom. The summed E-state index contributed by atoms with van der Waals surface area (Å²) in [6.45, 7) is 4.24. The minimum absolute atomic E-state index is 0.659. The summed E-state index contributed by atoms with van der Waals surface area (Å²) in [4.78, 5) is 11.1. The smallest absolute Gasteiger partial charge is 0.150 e. The zero-order chi connectivity index (χ0) is 11.1. The number of rotatable bonds is 3. The summed E-state index contributed by atoms with van der Waals surface area (Å²) in [7, 11) is 0. The highest BCUT2D eigenvalue weighted by molar-refractivity contribution is 5.80. The standard InChI is InChI=1S/C14H17NO/c1-9-4-11(12-6-15-7-12)5-13(10-2-3-10)14(9)8-16/h4-5,8,10,12,15H,2-3,6-7H2,1H3. The number of benzene rings is 1. The first-order valence-corrected chi connectivity index (χ1v) is 6.10. The van der Waals surface area contributed by atoms with Gasteiger partial charge < -0.3 is 5.32 Å². The molecule has 16 heavy (non-hydrogen) atoms. The lowest BCUT2D eigenvalue weighted by atomic mass is 9.87. The van der Waals surface area contributed by atoms with Crippen LogP contribution in [-0.4, -0.2) is 19.4 Å². The average Bonchev–Trinajstić information content (AvgIpc) is 2.97. The molecular weight excluding hydrogens is 198 g/mol. The van der Waals surface area contributed by atoms with E-state index in [4.69, 9.17) is 0 Å². The van der Waals surface area contributed by atoms with Crippen molar-refractivity contribution in [3.8, 4) is 0 Å². The monoisotopic (exact) mass is 215 g/mol. The molecule has 1 N–H and O–H groups in total. The van der Waals surface area contributed by atoms with Crippen molar-refractivity contribution in [1.29, 1.82) is 0 Å². The molecule has 1 saturated heterocycles. The van der Waals surface area contributed by atoms with Crippen LogP contribution in [0.25, 0.3) is 0 Å². The fourth-order valence-electron chi connectivity index (χ4n) is 2.51. The third kappa shape index (κ3) is 1.57. The molecule has 2 heteroatoms. The number of hydrogen-bond donors (Lipinski definition) is 1. The van der Waals surface area contributed by atoms with Gasteiger partial charge in [-0.2, -0.15) is 0 Å². The van der Waals surface area contributed by atoms with Gasteiger partial charge in [-0.3, -0.25) is 4.79 Å². The van der Waals surface area contributed by atoms with Gasteiger partial charge in [-0.1, -0.05) is 12.1 Å². The molecule has 1 heterocycles. The van der Waals surface area contributed by atoms with E-state index in [-0.39, 0.29) is 0 Å². The van der Waals surface area contributed by atoms with Gasteiger partial charge in [0.25, 0.3) is 0 Å². The van der Waals surface area contributed by atoms with Gasteiger partial charge in [-0.25, -0.2) is 0 Å². The predicted octanol–water partition coefficient (Wildman–Crippen LogP) is 2.37. The van der Waals surface area contributed by atoms with E-state index in [1.54, 1.807) is 0 Å². The van der Waals surface area contributed by atoms with Crippen LogP contribution in [0, 0.1) is 6.92 Å². The van der Waals surface area contributed by atoms with E-state index in [2.05, 4.69) is 24.4 Å². The predicted molar refractivity (Wildman–Crippen MR) is 64.2 cm³/mol. The molecule has 1 aliphatic heterocycles. The molecule has 0 atom stereocenters. The Bertz CT molecular complexity index is 431. The Kier molecular flexibility index (Phi) is 2.32. The van der Waals surface area contributed by atoms with Gasteiger partial charge in [-0.15, -0.1) is 0 Å². The van der Waals surface area contributed by atoms with Gasteiger partial charge in [0, 0.05) is 24.6 Å². The van der Waals surface area contributed by atoms with Crippen LogP contribution in [0.3, 0.4) is 0 Å². The number of carbonyl (C=O) groups excluding carboxylic acids is 1. The van der Waals surface area contributed by atoms with Gasteiger partial charge >= 0.3 is 0 Å². The molecule has 1 aromatic carbocycles. The molecule has 1 aromatic rings. The molecule has 2 aliphatic rings. The van der Waals surface area contributed by atoms with Crippen LogP contribution < -0.4 is 5.32 Å². The molecule has 2 fully saturated rings. The fraction of sp³-hybridized carbons (Fsp3) is 0.500. The first kappa shape index (κ1) is 10.0. The maximum Gasteiger partial charge on any atom is 0.150 e. The lowest BCUT2D eigenvalue weighted by molar-refractivity contribution is 0.112. The van der Waals surface area contributed by atoms with Gasteiger partial charge in [0.05, 0.1) is 0 Å². The van der Waals surface area contributed by atoms with Crippen LogP contribution in [0.4, 0.5) is 0 Å². The van der Waals surface area contributed by atoms with Crippen molar-refractivity contribution in [1.82, 2.24) is 5.32 Å². The van der Waals surface area contributed by atoms with E-state index in [9.17, 15) is 4.79 Å². The molecule has 0 amide bonds. The molecule has 0 bridgehead atoms. The topological polar surface area (TPSA) is 29.1 Å². The normalized spacial score (nSPS) is 20.6. The molecule has 2 nitrogen and oxygen atoms in total. The second kappa shape index (κ2) is 3.70. The molecule has 3 rings (SSSR count). The van der Waals surface area contributed by atoms with E-state index in [0.29, 0.717) is 11.8 Å². The highest BCUT2D eigenvalue weighted by Gasteiger charge is 2.29. The summed E-state index contributed by atoms with van der Waals surface area (Å²) >= 11 is 0. The summed E-state index contributed by atoms with van der Waals surface area (Å²) in [5.74, 6) is 1.32. The Labute approximate surface area is 96.1 Å². The van der Waals surface area contributed by atoms with Gasteiger partial charge in [0.1, 0.15) is 0 Å². The quantitative estimate of drug-likeness (QED) is 0.784. The number of hydrogen-bond acceptors (Lipinski definition) is 2. The van der Waals surface area contributed by atoms with Crippen LogP contribution in [0.2, 0.25) is 0 Å². The Morgan fingerprint density at radius 1 is 1.25 bits per heavy atom. The van der Waals surface area contributed by atoms with Crippen molar-refractivity contribution in [2.75, 3.05) is 13.1 Å². The van der Waals surface area contributed by atoms with Gasteiger partial charge in [0.2, 0.25) is 0 Å². The second-order valence-corrected chi connectivity index (χ2v) is 5.09. The van der Waals surface area contributed by atoms with Gasteiger partial charge in [-0.05, 0) is 42.4 Å². The molecule has 0 aromatic heterocycles. The summed E-state index contributed by atoms with van der Waals surface area (Å²) in [6, 6.07) is 4.47. The van der Waals surface area contributed by atoms with Crippen molar-refractivity contribution < 1.29 is 4.79 Å². The highest BCUT2D eigenvalue weighted by atomic mass is 16.1. The van der Waals surface area contributed by atoms with Crippen LogP contribution in [-0.2, 0) is 0 Å². The van der Waals surface area contributed by atoms with Crippen LogP contribution in [0.5, 0.6) is 0 Å². The molecule has 0 unspecified atom stereocenters. The van der Waals surface area contributed by atoms with Crippen LogP contribution in [0.1, 0.15) is 51.7 Å². The van der Waals surface area contributed by atoms with E-state index < -0.39 is 0 Å². The maximum atomic E-state index is 11.1. The van der Waals surface area contributed by atoms with E-state index in [1.807, 2.05) is 0 Å². The maximum absolute atomic E-state index is 11.1. The minimum Gasteiger partial charge on any atom is -0.315 e. The lowest BCUT2D eigenvalue weighted by Gasteiger charge is -2.28. The van der Waals surface area contributed by atoms with Crippen molar-refractivity contribution in [2.45, 2.75) is 31.6 Å². The van der Waals surface area contributed by atoms with Crippen molar-refractivity contribution in [3.05, 3.63) is 34.4 Å². The molecule has 0 radical (unpaired) electrons. The highest BCUT2D eigenvalue weighted by Crippen LogP contribution is 2.43. The number of aryl methyl sites for hydroxylation is 1.